The first-order valence-electron chi connectivity index (χ1n) is 10.8. The van der Waals surface area contributed by atoms with Crippen LogP contribution in [-0.2, 0) is 6.42 Å². The highest BCUT2D eigenvalue weighted by Crippen LogP contribution is 2.36. The van der Waals surface area contributed by atoms with Crippen molar-refractivity contribution in [3.8, 4) is 45.6 Å². The molecular weight excluding hydrogens is 404 g/mol. The van der Waals surface area contributed by atoms with Gasteiger partial charge in [0.05, 0.1) is 22.7 Å². The van der Waals surface area contributed by atoms with Crippen LogP contribution in [0.15, 0.2) is 91.0 Å². The number of aromatic nitrogens is 2. The molecule has 0 amide bonds. The maximum Gasteiger partial charge on any atom is 0.110 e. The number of fused-ring (bicyclic) bond motifs is 1. The van der Waals surface area contributed by atoms with Gasteiger partial charge in [-0.2, -0.15) is 15.6 Å². The minimum Gasteiger partial charge on any atom is -0.237 e. The molecule has 2 heterocycles. The first kappa shape index (κ1) is 20.2. The maximum absolute atomic E-state index is 10.2. The summed E-state index contributed by atoms with van der Waals surface area (Å²) in [6.07, 6.45) is 0.842. The van der Waals surface area contributed by atoms with Crippen molar-refractivity contribution in [2.75, 3.05) is 0 Å². The number of hydrogen-bond donors (Lipinski definition) is 0. The first-order chi connectivity index (χ1) is 16.2. The smallest absolute Gasteiger partial charge is 0.110 e. The summed E-state index contributed by atoms with van der Waals surface area (Å²) in [6.45, 7) is 2.10. The number of aryl methyl sites for hydroxylation is 1. The zero-order chi connectivity index (χ0) is 22.8. The van der Waals surface area contributed by atoms with Crippen LogP contribution in [0.1, 0.15) is 23.7 Å². The third-order valence-electron chi connectivity index (χ3n) is 5.90. The average molecular weight is 425 g/mol. The Bertz CT molecular complexity index is 1550. The summed E-state index contributed by atoms with van der Waals surface area (Å²) in [7, 11) is 0. The Morgan fingerprint density at radius 2 is 1.45 bits per heavy atom. The lowest BCUT2D eigenvalue weighted by Gasteiger charge is -2.14. The Morgan fingerprint density at radius 3 is 2.15 bits per heavy atom. The van der Waals surface area contributed by atoms with E-state index in [0.717, 1.165) is 45.4 Å². The molecule has 0 radical (unpaired) electrons. The highest BCUT2D eigenvalue weighted by molar-refractivity contribution is 5.90. The van der Waals surface area contributed by atoms with E-state index >= 15 is 0 Å². The molecule has 5 aromatic rings. The number of nitrogens with zero attached hydrogens (tertiary/aromatic N) is 4. The minimum absolute atomic E-state index is 0.564. The number of nitriles is 2. The van der Waals surface area contributed by atoms with Gasteiger partial charge in [0.1, 0.15) is 11.8 Å². The van der Waals surface area contributed by atoms with Crippen LogP contribution in [0, 0.1) is 22.7 Å². The molecule has 3 aromatic carbocycles. The van der Waals surface area contributed by atoms with Gasteiger partial charge in [0.2, 0.25) is 0 Å². The molecule has 0 atom stereocenters. The molecule has 0 unspecified atom stereocenters. The van der Waals surface area contributed by atoms with Crippen molar-refractivity contribution in [2.45, 2.75) is 13.3 Å². The second-order valence-electron chi connectivity index (χ2n) is 7.82. The fraction of sp³-hybridized carbons (Fsp3) is 0.0690. The van der Waals surface area contributed by atoms with E-state index in [1.165, 1.54) is 0 Å². The van der Waals surface area contributed by atoms with Gasteiger partial charge in [-0.15, -0.1) is 0 Å². The quantitative estimate of drug-likeness (QED) is 0.325. The van der Waals surface area contributed by atoms with Crippen LogP contribution in [0.2, 0.25) is 0 Å². The van der Waals surface area contributed by atoms with Crippen molar-refractivity contribution in [1.82, 2.24) is 9.61 Å². The zero-order valence-electron chi connectivity index (χ0n) is 18.2. The summed E-state index contributed by atoms with van der Waals surface area (Å²) in [6, 6.07) is 34.3. The summed E-state index contributed by atoms with van der Waals surface area (Å²) >= 11 is 0. The van der Waals surface area contributed by atoms with E-state index in [0.29, 0.717) is 16.8 Å². The molecule has 4 heteroatoms. The van der Waals surface area contributed by atoms with Gasteiger partial charge in [-0.3, -0.25) is 0 Å². The molecule has 0 aliphatic carbocycles. The lowest BCUT2D eigenvalue weighted by molar-refractivity contribution is 0.864. The van der Waals surface area contributed by atoms with Crippen molar-refractivity contribution in [3.05, 3.63) is 108 Å². The van der Waals surface area contributed by atoms with Crippen molar-refractivity contribution < 1.29 is 0 Å². The molecule has 0 spiro atoms. The minimum atomic E-state index is 0.564. The van der Waals surface area contributed by atoms with Crippen LogP contribution >= 0.6 is 0 Å². The molecule has 0 aliphatic rings. The van der Waals surface area contributed by atoms with Crippen molar-refractivity contribution in [3.63, 3.8) is 0 Å². The number of hydrogen-bond acceptors (Lipinski definition) is 3. The third kappa shape index (κ3) is 3.55. The molecule has 0 fully saturated rings. The Hall–Kier alpha value is -4.67. The van der Waals surface area contributed by atoms with Crippen molar-refractivity contribution in [2.24, 2.45) is 0 Å². The van der Waals surface area contributed by atoms with Gasteiger partial charge in [0, 0.05) is 16.8 Å². The summed E-state index contributed by atoms with van der Waals surface area (Å²) in [5, 5.41) is 24.3. The largest absolute Gasteiger partial charge is 0.237 e. The number of benzene rings is 3. The molecule has 33 heavy (non-hydrogen) atoms. The second-order valence-corrected chi connectivity index (χ2v) is 7.82. The molecule has 2 aromatic heterocycles. The molecule has 0 saturated heterocycles. The fourth-order valence-corrected chi connectivity index (χ4v) is 4.24. The lowest BCUT2D eigenvalue weighted by atomic mass is 9.94. The molecular formula is C29H20N4. The average Bonchev–Trinajstić information content (AvgIpc) is 3.31. The monoisotopic (exact) mass is 424 g/mol. The highest BCUT2D eigenvalue weighted by atomic mass is 15.2. The van der Waals surface area contributed by atoms with Crippen molar-refractivity contribution >= 4 is 5.52 Å². The topological polar surface area (TPSA) is 64.9 Å². The maximum atomic E-state index is 10.2. The summed E-state index contributed by atoms with van der Waals surface area (Å²) in [4.78, 5) is 0. The van der Waals surface area contributed by atoms with Crippen molar-refractivity contribution in [1.29, 1.82) is 10.5 Å². The van der Waals surface area contributed by atoms with E-state index in [-0.39, 0.29) is 0 Å². The second kappa shape index (κ2) is 8.46. The van der Waals surface area contributed by atoms with Crippen LogP contribution in [-0.4, -0.2) is 9.61 Å². The highest BCUT2D eigenvalue weighted by Gasteiger charge is 2.19. The molecule has 0 saturated carbocycles. The van der Waals surface area contributed by atoms with Crippen LogP contribution < -0.4 is 0 Å². The summed E-state index contributed by atoms with van der Waals surface area (Å²) < 4.78 is 1.96. The standard InChI is InChI=1S/C29H20N4/c1-2-25-15-16-27-28(26(19-31)29(32-33(25)27)23-8-4-3-5-9-23)22-13-11-21(12-14-22)24-10-6-7-20(17-24)18-30/h3-17H,2H2,1H3. The van der Waals surface area contributed by atoms with Crippen LogP contribution in [0.3, 0.4) is 0 Å². The first-order valence-corrected chi connectivity index (χ1v) is 10.8. The molecule has 0 N–H and O–H groups in total. The molecule has 0 bridgehead atoms. The lowest BCUT2D eigenvalue weighted by Crippen LogP contribution is -2.04. The third-order valence-corrected chi connectivity index (χ3v) is 5.90. The summed E-state index contributed by atoms with van der Waals surface area (Å²) in [5.41, 5.74) is 8.64. The molecule has 156 valence electrons. The van der Waals surface area contributed by atoms with Crippen LogP contribution in [0.5, 0.6) is 0 Å². The zero-order valence-corrected chi connectivity index (χ0v) is 18.2. The van der Waals surface area contributed by atoms with E-state index in [9.17, 15) is 10.5 Å². The van der Waals surface area contributed by atoms with E-state index < -0.39 is 0 Å². The summed E-state index contributed by atoms with van der Waals surface area (Å²) in [5.74, 6) is 0. The predicted octanol–water partition coefficient (Wildman–Crippen LogP) is 6.64. The Kier molecular flexibility index (Phi) is 5.19. The molecule has 5 rings (SSSR count). The Labute approximate surface area is 192 Å². The van der Waals surface area contributed by atoms with E-state index in [4.69, 9.17) is 5.10 Å². The van der Waals surface area contributed by atoms with E-state index in [1.54, 1.807) is 6.07 Å². The van der Waals surface area contributed by atoms with Crippen LogP contribution in [0.4, 0.5) is 0 Å². The normalized spacial score (nSPS) is 10.6. The predicted molar refractivity (Wildman–Crippen MR) is 130 cm³/mol. The Balaban J connectivity index is 1.73. The SMILES string of the molecule is CCc1ccc2c(-c3ccc(-c4cccc(C#N)c4)cc3)c(C#N)c(-c3ccccc3)nn12. The van der Waals surface area contributed by atoms with Crippen LogP contribution in [0.25, 0.3) is 39.0 Å². The van der Waals surface area contributed by atoms with Gasteiger partial charge in [-0.05, 0) is 47.4 Å². The van der Waals surface area contributed by atoms with Gasteiger partial charge >= 0.3 is 0 Å². The van der Waals surface area contributed by atoms with E-state index in [1.807, 2.05) is 83.4 Å². The van der Waals surface area contributed by atoms with Gasteiger partial charge in [0.25, 0.3) is 0 Å². The van der Waals surface area contributed by atoms with Gasteiger partial charge < -0.3 is 0 Å². The number of rotatable bonds is 4. The van der Waals surface area contributed by atoms with E-state index in [2.05, 4.69) is 25.1 Å². The van der Waals surface area contributed by atoms with Gasteiger partial charge in [0.15, 0.2) is 0 Å². The fourth-order valence-electron chi connectivity index (χ4n) is 4.24. The molecule has 0 aliphatic heterocycles. The van der Waals surface area contributed by atoms with Gasteiger partial charge in [-0.25, -0.2) is 4.52 Å². The Morgan fingerprint density at radius 1 is 0.727 bits per heavy atom. The van der Waals surface area contributed by atoms with Gasteiger partial charge in [-0.1, -0.05) is 73.7 Å². The molecule has 4 nitrogen and oxygen atoms in total.